The highest BCUT2D eigenvalue weighted by molar-refractivity contribution is 5.97. The molecule has 1 N–H and O–H groups in total. The Morgan fingerprint density at radius 1 is 0.818 bits per heavy atom. The molecule has 0 spiro atoms. The molecule has 1 heterocycles. The SMILES string of the molecule is COC(=O)c1cc(C(=O)OC)cc(-c2ccc(CNCCc3ccc(OC)c(OC)c3)o2)c1. The Balaban J connectivity index is 1.65. The molecule has 8 nitrogen and oxygen atoms in total. The maximum absolute atomic E-state index is 12.0. The second-order valence-electron chi connectivity index (χ2n) is 7.16. The van der Waals surface area contributed by atoms with Gasteiger partial charge in [0.2, 0.25) is 0 Å². The van der Waals surface area contributed by atoms with Crippen LogP contribution in [0.25, 0.3) is 11.3 Å². The van der Waals surface area contributed by atoms with Gasteiger partial charge < -0.3 is 28.7 Å². The van der Waals surface area contributed by atoms with Crippen molar-refractivity contribution in [2.45, 2.75) is 13.0 Å². The van der Waals surface area contributed by atoms with Crippen LogP contribution in [0.1, 0.15) is 32.0 Å². The van der Waals surface area contributed by atoms with E-state index < -0.39 is 11.9 Å². The van der Waals surface area contributed by atoms with Crippen LogP contribution in [0.2, 0.25) is 0 Å². The zero-order valence-corrected chi connectivity index (χ0v) is 19.1. The molecule has 3 rings (SSSR count). The van der Waals surface area contributed by atoms with Crippen LogP contribution in [-0.2, 0) is 22.4 Å². The van der Waals surface area contributed by atoms with Gasteiger partial charge in [0.05, 0.1) is 46.1 Å². The number of nitrogens with one attached hydrogen (secondary N) is 1. The molecule has 0 bridgehead atoms. The van der Waals surface area contributed by atoms with Gasteiger partial charge >= 0.3 is 11.9 Å². The minimum atomic E-state index is -0.550. The molecule has 0 aliphatic heterocycles. The smallest absolute Gasteiger partial charge is 0.337 e. The predicted octanol–water partition coefficient (Wildman–Crippen LogP) is 3.87. The summed E-state index contributed by atoms with van der Waals surface area (Å²) in [6.45, 7) is 1.25. The van der Waals surface area contributed by atoms with Gasteiger partial charge in [-0.05, 0) is 61.0 Å². The van der Waals surface area contributed by atoms with E-state index in [0.29, 0.717) is 29.4 Å². The zero-order valence-electron chi connectivity index (χ0n) is 19.1. The molecule has 0 unspecified atom stereocenters. The summed E-state index contributed by atoms with van der Waals surface area (Å²) >= 11 is 0. The highest BCUT2D eigenvalue weighted by atomic mass is 16.5. The van der Waals surface area contributed by atoms with Gasteiger partial charge in [0, 0.05) is 5.56 Å². The summed E-state index contributed by atoms with van der Waals surface area (Å²) in [4.78, 5) is 24.0. The Hall–Kier alpha value is -3.78. The Morgan fingerprint density at radius 2 is 1.48 bits per heavy atom. The maximum atomic E-state index is 12.0. The first-order valence-corrected chi connectivity index (χ1v) is 10.3. The summed E-state index contributed by atoms with van der Waals surface area (Å²) in [6, 6.07) is 14.2. The zero-order chi connectivity index (χ0) is 23.8. The Kier molecular flexibility index (Phi) is 8.10. The number of rotatable bonds is 10. The molecule has 0 amide bonds. The average molecular weight is 453 g/mol. The number of furan rings is 1. The van der Waals surface area contributed by atoms with E-state index in [2.05, 4.69) is 5.32 Å². The summed E-state index contributed by atoms with van der Waals surface area (Å²) in [5.41, 5.74) is 2.17. The van der Waals surface area contributed by atoms with E-state index in [1.807, 2.05) is 24.3 Å². The lowest BCUT2D eigenvalue weighted by atomic mass is 10.0. The first-order valence-electron chi connectivity index (χ1n) is 10.3. The molecule has 0 fully saturated rings. The largest absolute Gasteiger partial charge is 0.493 e. The normalized spacial score (nSPS) is 10.5. The number of carbonyl (C=O) groups excluding carboxylic acids is 2. The first-order chi connectivity index (χ1) is 16.0. The molecular formula is C25H27NO7. The van der Waals surface area contributed by atoms with Crippen LogP contribution in [-0.4, -0.2) is 46.9 Å². The lowest BCUT2D eigenvalue weighted by Crippen LogP contribution is -2.16. The van der Waals surface area contributed by atoms with Crippen molar-refractivity contribution in [1.82, 2.24) is 5.32 Å². The standard InChI is InChI=1S/C25H27NO7/c1-29-22-7-5-16(11-23(22)30-2)9-10-26-15-20-6-8-21(33-20)17-12-18(24(27)31-3)14-19(13-17)25(28)32-4/h5-8,11-14,26H,9-10,15H2,1-4H3. The second-order valence-corrected chi connectivity index (χ2v) is 7.16. The van der Waals surface area contributed by atoms with Crippen LogP contribution in [0.3, 0.4) is 0 Å². The number of methoxy groups -OCH3 is 4. The van der Waals surface area contributed by atoms with E-state index in [4.69, 9.17) is 23.4 Å². The van der Waals surface area contributed by atoms with Gasteiger partial charge in [-0.25, -0.2) is 9.59 Å². The van der Waals surface area contributed by atoms with Crippen molar-refractivity contribution in [1.29, 1.82) is 0 Å². The molecule has 1 aromatic heterocycles. The molecule has 33 heavy (non-hydrogen) atoms. The van der Waals surface area contributed by atoms with Crippen molar-refractivity contribution in [2.75, 3.05) is 35.0 Å². The third-order valence-electron chi connectivity index (χ3n) is 5.06. The third kappa shape index (κ3) is 5.93. The number of ether oxygens (including phenoxy) is 4. The fourth-order valence-electron chi connectivity index (χ4n) is 3.35. The van der Waals surface area contributed by atoms with Crippen LogP contribution < -0.4 is 14.8 Å². The van der Waals surface area contributed by atoms with Gasteiger partial charge in [-0.15, -0.1) is 0 Å². The number of carbonyl (C=O) groups is 2. The van der Waals surface area contributed by atoms with Crippen molar-refractivity contribution in [2.24, 2.45) is 0 Å². The third-order valence-corrected chi connectivity index (χ3v) is 5.06. The van der Waals surface area contributed by atoms with Crippen LogP contribution in [0.15, 0.2) is 52.9 Å². The number of hydrogen-bond donors (Lipinski definition) is 1. The van der Waals surface area contributed by atoms with Gasteiger partial charge in [-0.2, -0.15) is 0 Å². The van der Waals surface area contributed by atoms with E-state index in [1.165, 1.54) is 20.3 Å². The number of hydrogen-bond acceptors (Lipinski definition) is 8. The summed E-state index contributed by atoms with van der Waals surface area (Å²) in [5, 5.41) is 3.34. The molecular weight excluding hydrogens is 426 g/mol. The second kappa shape index (κ2) is 11.2. The molecule has 8 heteroatoms. The topological polar surface area (TPSA) is 96.2 Å². The van der Waals surface area contributed by atoms with Crippen LogP contribution in [0.4, 0.5) is 0 Å². The number of esters is 2. The van der Waals surface area contributed by atoms with E-state index in [-0.39, 0.29) is 11.1 Å². The molecule has 0 aliphatic rings. The minimum absolute atomic E-state index is 0.237. The minimum Gasteiger partial charge on any atom is -0.493 e. The molecule has 2 aromatic carbocycles. The van der Waals surface area contributed by atoms with E-state index in [9.17, 15) is 9.59 Å². The fraction of sp³-hybridized carbons (Fsp3) is 0.280. The Labute approximate surface area is 192 Å². The Bertz CT molecular complexity index is 1090. The van der Waals surface area contributed by atoms with Gasteiger partial charge in [0.1, 0.15) is 11.5 Å². The fourth-order valence-corrected chi connectivity index (χ4v) is 3.35. The highest BCUT2D eigenvalue weighted by Gasteiger charge is 2.16. The molecule has 0 saturated heterocycles. The van der Waals surface area contributed by atoms with Gasteiger partial charge in [0.25, 0.3) is 0 Å². The van der Waals surface area contributed by atoms with E-state index >= 15 is 0 Å². The molecule has 0 radical (unpaired) electrons. The Morgan fingerprint density at radius 3 is 2.09 bits per heavy atom. The summed E-state index contributed by atoms with van der Waals surface area (Å²) in [6.07, 6.45) is 0.803. The molecule has 0 atom stereocenters. The van der Waals surface area contributed by atoms with Crippen molar-refractivity contribution < 1.29 is 33.0 Å². The van der Waals surface area contributed by atoms with Crippen molar-refractivity contribution >= 4 is 11.9 Å². The van der Waals surface area contributed by atoms with Crippen molar-refractivity contribution in [3.63, 3.8) is 0 Å². The molecule has 3 aromatic rings. The lowest BCUT2D eigenvalue weighted by molar-refractivity contribution is 0.0599. The highest BCUT2D eigenvalue weighted by Crippen LogP contribution is 2.28. The van der Waals surface area contributed by atoms with Crippen molar-refractivity contribution in [3.8, 4) is 22.8 Å². The molecule has 174 valence electrons. The van der Waals surface area contributed by atoms with Crippen LogP contribution in [0, 0.1) is 0 Å². The van der Waals surface area contributed by atoms with Gasteiger partial charge in [0.15, 0.2) is 11.5 Å². The number of benzene rings is 2. The summed E-state index contributed by atoms with van der Waals surface area (Å²) in [5.74, 6) is 1.55. The van der Waals surface area contributed by atoms with E-state index in [1.54, 1.807) is 32.4 Å². The molecule has 0 aliphatic carbocycles. The van der Waals surface area contributed by atoms with E-state index in [0.717, 1.165) is 24.3 Å². The predicted molar refractivity (Wildman–Crippen MR) is 122 cm³/mol. The summed E-state index contributed by atoms with van der Waals surface area (Å²) in [7, 11) is 5.79. The quantitative estimate of drug-likeness (QED) is 0.365. The van der Waals surface area contributed by atoms with Crippen molar-refractivity contribution in [3.05, 3.63) is 71.0 Å². The van der Waals surface area contributed by atoms with Crippen LogP contribution in [0.5, 0.6) is 11.5 Å². The van der Waals surface area contributed by atoms with Gasteiger partial charge in [-0.3, -0.25) is 0 Å². The molecule has 0 saturated carbocycles. The monoisotopic (exact) mass is 453 g/mol. The lowest BCUT2D eigenvalue weighted by Gasteiger charge is -2.10. The van der Waals surface area contributed by atoms with Crippen LogP contribution >= 0.6 is 0 Å². The average Bonchev–Trinajstić information content (AvgIpc) is 3.34. The summed E-state index contributed by atoms with van der Waals surface area (Å²) < 4.78 is 26.1. The first kappa shape index (κ1) is 23.9. The maximum Gasteiger partial charge on any atom is 0.337 e. The van der Waals surface area contributed by atoms with Gasteiger partial charge in [-0.1, -0.05) is 6.07 Å².